The van der Waals surface area contributed by atoms with E-state index in [4.69, 9.17) is 0 Å². The van der Waals surface area contributed by atoms with Crippen LogP contribution in [0.25, 0.3) is 0 Å². The van der Waals surface area contributed by atoms with Crippen molar-refractivity contribution in [2.75, 3.05) is 0 Å². The molecule has 66 valence electrons. The molecule has 0 aromatic rings. The maximum Gasteiger partial charge on any atom is -0.0171 e. The second-order valence-corrected chi connectivity index (χ2v) is 3.83. The molecule has 0 nitrogen and oxygen atoms in total. The normalized spacial score (nSPS) is 23.2. The Kier molecular flexibility index (Phi) is 2.91. The minimum atomic E-state index is 0.716. The fourth-order valence-electron chi connectivity index (χ4n) is 1.67. The lowest BCUT2D eigenvalue weighted by Crippen LogP contribution is -2.06. The van der Waals surface area contributed by atoms with Crippen molar-refractivity contribution in [3.05, 3.63) is 36.0 Å². The van der Waals surface area contributed by atoms with E-state index >= 15 is 0 Å². The van der Waals surface area contributed by atoms with Gasteiger partial charge in [-0.15, -0.1) is 0 Å². The van der Waals surface area contributed by atoms with Gasteiger partial charge in [0.25, 0.3) is 0 Å². The fourth-order valence-corrected chi connectivity index (χ4v) is 1.67. The van der Waals surface area contributed by atoms with Gasteiger partial charge in [-0.05, 0) is 44.6 Å². The topological polar surface area (TPSA) is 0 Å². The van der Waals surface area contributed by atoms with E-state index in [9.17, 15) is 0 Å². The highest BCUT2D eigenvalue weighted by Gasteiger charge is 2.14. The van der Waals surface area contributed by atoms with E-state index in [0.717, 1.165) is 6.42 Å². The molecular weight excluding hydrogens is 144 g/mol. The Morgan fingerprint density at radius 2 is 2.08 bits per heavy atom. The Balaban J connectivity index is 2.59. The van der Waals surface area contributed by atoms with E-state index in [0.29, 0.717) is 5.92 Å². The van der Waals surface area contributed by atoms with Crippen LogP contribution in [0.15, 0.2) is 36.0 Å². The van der Waals surface area contributed by atoms with Crippen LogP contribution >= 0.6 is 0 Å². The number of hydrogen-bond donors (Lipinski definition) is 0. The molecule has 0 spiro atoms. The molecule has 12 heavy (non-hydrogen) atoms. The highest BCUT2D eigenvalue weighted by molar-refractivity contribution is 5.28. The van der Waals surface area contributed by atoms with Crippen LogP contribution in [0.3, 0.4) is 0 Å². The monoisotopic (exact) mass is 162 g/mol. The standard InChI is InChI=1S/C12H18/c1-9(2)11-5-7-12(8-6-11)10(3)4/h5,12H,1,3,6-8H2,2,4H3. The van der Waals surface area contributed by atoms with Crippen LogP contribution in [0, 0.1) is 5.92 Å². The molecule has 0 aromatic heterocycles. The first-order chi connectivity index (χ1) is 5.61. The smallest absolute Gasteiger partial charge is 0.0171 e. The van der Waals surface area contributed by atoms with Gasteiger partial charge < -0.3 is 0 Å². The summed E-state index contributed by atoms with van der Waals surface area (Å²) in [7, 11) is 0. The lowest BCUT2D eigenvalue weighted by molar-refractivity contribution is 0.543. The van der Waals surface area contributed by atoms with Crippen molar-refractivity contribution in [2.45, 2.75) is 33.1 Å². The second kappa shape index (κ2) is 3.75. The molecule has 1 aliphatic rings. The minimum absolute atomic E-state index is 0.716. The summed E-state index contributed by atoms with van der Waals surface area (Å²) in [5.41, 5.74) is 4.01. The largest absolute Gasteiger partial charge is 0.0998 e. The molecule has 0 aliphatic heterocycles. The van der Waals surface area contributed by atoms with Crippen molar-refractivity contribution in [2.24, 2.45) is 5.92 Å². The molecule has 0 fully saturated rings. The van der Waals surface area contributed by atoms with Gasteiger partial charge in [-0.3, -0.25) is 0 Å². The van der Waals surface area contributed by atoms with Crippen LogP contribution in [-0.2, 0) is 0 Å². The predicted molar refractivity (Wildman–Crippen MR) is 55.1 cm³/mol. The van der Waals surface area contributed by atoms with Crippen LogP contribution < -0.4 is 0 Å². The van der Waals surface area contributed by atoms with Crippen molar-refractivity contribution >= 4 is 0 Å². The van der Waals surface area contributed by atoms with Gasteiger partial charge in [0.15, 0.2) is 0 Å². The average Bonchev–Trinajstić information content (AvgIpc) is 2.04. The first-order valence-electron chi connectivity index (χ1n) is 4.61. The predicted octanol–water partition coefficient (Wildman–Crippen LogP) is 3.87. The summed E-state index contributed by atoms with van der Waals surface area (Å²) in [6.07, 6.45) is 5.93. The third-order valence-electron chi connectivity index (χ3n) is 2.66. The van der Waals surface area contributed by atoms with E-state index in [1.165, 1.54) is 29.6 Å². The zero-order valence-corrected chi connectivity index (χ0v) is 8.19. The van der Waals surface area contributed by atoms with Crippen molar-refractivity contribution < 1.29 is 0 Å². The van der Waals surface area contributed by atoms with Crippen molar-refractivity contribution in [1.29, 1.82) is 0 Å². The maximum atomic E-state index is 4.00. The molecule has 0 heteroatoms. The van der Waals surface area contributed by atoms with Gasteiger partial charge in [0.05, 0.1) is 0 Å². The average molecular weight is 162 g/mol. The summed E-state index contributed by atoms with van der Waals surface area (Å²) in [4.78, 5) is 0. The molecular formula is C12H18. The zero-order chi connectivity index (χ0) is 9.14. The number of allylic oxidation sites excluding steroid dienone is 4. The Labute approximate surface area is 75.7 Å². The lowest BCUT2D eigenvalue weighted by Gasteiger charge is -2.22. The molecule has 0 saturated heterocycles. The van der Waals surface area contributed by atoms with E-state index in [-0.39, 0.29) is 0 Å². The highest BCUT2D eigenvalue weighted by atomic mass is 14.2. The molecule has 0 aromatic carbocycles. The summed E-state index contributed by atoms with van der Waals surface area (Å²) in [6, 6.07) is 0. The van der Waals surface area contributed by atoms with Crippen LogP contribution in [0.2, 0.25) is 0 Å². The third kappa shape index (κ3) is 2.10. The molecule has 1 unspecified atom stereocenters. The highest BCUT2D eigenvalue weighted by Crippen LogP contribution is 2.30. The molecule has 1 rings (SSSR count). The number of rotatable bonds is 2. The molecule has 0 saturated carbocycles. The summed E-state index contributed by atoms with van der Waals surface area (Å²) in [5.74, 6) is 0.716. The molecule has 0 N–H and O–H groups in total. The van der Waals surface area contributed by atoms with Crippen molar-refractivity contribution in [1.82, 2.24) is 0 Å². The summed E-state index contributed by atoms with van der Waals surface area (Å²) < 4.78 is 0. The molecule has 0 radical (unpaired) electrons. The quantitative estimate of drug-likeness (QED) is 0.541. The van der Waals surface area contributed by atoms with Crippen LogP contribution in [0.4, 0.5) is 0 Å². The zero-order valence-electron chi connectivity index (χ0n) is 8.19. The first kappa shape index (κ1) is 9.31. The number of hydrogen-bond acceptors (Lipinski definition) is 0. The van der Waals surface area contributed by atoms with Gasteiger partial charge in [-0.1, -0.05) is 30.4 Å². The molecule has 1 aliphatic carbocycles. The van der Waals surface area contributed by atoms with Gasteiger partial charge >= 0.3 is 0 Å². The van der Waals surface area contributed by atoms with E-state index < -0.39 is 0 Å². The van der Waals surface area contributed by atoms with Gasteiger partial charge in [-0.25, -0.2) is 0 Å². The lowest BCUT2D eigenvalue weighted by atomic mass is 9.84. The van der Waals surface area contributed by atoms with Gasteiger partial charge in [0.2, 0.25) is 0 Å². The molecule has 0 amide bonds. The first-order valence-corrected chi connectivity index (χ1v) is 4.61. The summed E-state index contributed by atoms with van der Waals surface area (Å²) in [5, 5.41) is 0. The molecule has 0 bridgehead atoms. The van der Waals surface area contributed by atoms with Gasteiger partial charge in [-0.2, -0.15) is 0 Å². The Morgan fingerprint density at radius 3 is 2.42 bits per heavy atom. The van der Waals surface area contributed by atoms with E-state index in [2.05, 4.69) is 33.1 Å². The van der Waals surface area contributed by atoms with Gasteiger partial charge in [0.1, 0.15) is 0 Å². The van der Waals surface area contributed by atoms with Crippen LogP contribution in [0.1, 0.15) is 33.1 Å². The van der Waals surface area contributed by atoms with E-state index in [1.807, 2.05) is 0 Å². The Bertz CT molecular complexity index is 230. The molecule has 1 atom stereocenters. The second-order valence-electron chi connectivity index (χ2n) is 3.83. The van der Waals surface area contributed by atoms with Crippen molar-refractivity contribution in [3.63, 3.8) is 0 Å². The Hall–Kier alpha value is -0.780. The summed E-state index contributed by atoms with van der Waals surface area (Å²) in [6.45, 7) is 12.2. The SMILES string of the molecule is C=C(C)C1=CCC(C(=C)C)CC1. The molecule has 0 heterocycles. The van der Waals surface area contributed by atoms with Gasteiger partial charge in [0, 0.05) is 0 Å². The van der Waals surface area contributed by atoms with Crippen molar-refractivity contribution in [3.8, 4) is 0 Å². The Morgan fingerprint density at radius 1 is 1.42 bits per heavy atom. The fraction of sp³-hybridized carbons (Fsp3) is 0.500. The third-order valence-corrected chi connectivity index (χ3v) is 2.66. The minimum Gasteiger partial charge on any atom is -0.0998 e. The van der Waals surface area contributed by atoms with E-state index in [1.54, 1.807) is 0 Å². The maximum absolute atomic E-state index is 4.00. The van der Waals surface area contributed by atoms with Crippen LogP contribution in [-0.4, -0.2) is 0 Å². The summed E-state index contributed by atoms with van der Waals surface area (Å²) >= 11 is 0. The van der Waals surface area contributed by atoms with Crippen LogP contribution in [0.5, 0.6) is 0 Å².